The van der Waals surface area contributed by atoms with Crippen molar-refractivity contribution in [3.8, 4) is 33.6 Å². The zero-order valence-electron chi connectivity index (χ0n) is 32.6. The fourth-order valence-corrected chi connectivity index (χ4v) is 9.69. The van der Waals surface area contributed by atoms with Crippen LogP contribution in [0, 0.1) is 17.8 Å². The number of aliphatic hydroxyl groups excluding tert-OH is 1. The third-order valence-corrected chi connectivity index (χ3v) is 12.5. The number of hydrogen-bond acceptors (Lipinski definition) is 9. The zero-order valence-corrected chi connectivity index (χ0v) is 32.6. The lowest BCUT2D eigenvalue weighted by atomic mass is 9.95. The SMILES string of the molecule is COC(=O)N[C@@H](CO)C(=O)N1[C@@H]2CC[C@@H](C2)[C@H]1c1ncc(-c2ccc(-c3ccc(-c4cnc([C@@H]5[C@H]6CC[C@H](C6)N5C(=O)[C@@H](NC(=O)OC)C(C)C)[nH]4)cc3)cc2)[nH]1. The number of carbonyl (C=O) groups is 4. The van der Waals surface area contributed by atoms with E-state index in [-0.39, 0.29) is 47.8 Å². The van der Waals surface area contributed by atoms with Crippen LogP contribution < -0.4 is 10.6 Å². The molecule has 8 rings (SSSR count). The van der Waals surface area contributed by atoms with Gasteiger partial charge in [0.15, 0.2) is 0 Å². The van der Waals surface area contributed by atoms with Crippen LogP contribution in [0.4, 0.5) is 9.59 Å². The average Bonchev–Trinajstić information content (AvgIpc) is 4.10. The predicted octanol–water partition coefficient (Wildman–Crippen LogP) is 5.34. The molecule has 2 aromatic carbocycles. The number of fused-ring (bicyclic) bond motifs is 4. The number of H-pyrrole nitrogens is 2. The number of benzene rings is 2. The lowest BCUT2D eigenvalue weighted by Gasteiger charge is -2.37. The van der Waals surface area contributed by atoms with E-state index in [1.807, 2.05) is 37.1 Å². The molecule has 4 aliphatic rings. The maximum Gasteiger partial charge on any atom is 0.407 e. The van der Waals surface area contributed by atoms with Crippen molar-refractivity contribution in [2.75, 3.05) is 20.8 Å². The Bertz CT molecular complexity index is 2110. The number of aliphatic hydroxyl groups is 1. The number of amides is 4. The first-order chi connectivity index (χ1) is 27.6. The van der Waals surface area contributed by atoms with E-state index in [1.165, 1.54) is 14.2 Å². The molecule has 15 heteroatoms. The van der Waals surface area contributed by atoms with E-state index in [4.69, 9.17) is 14.7 Å². The molecule has 2 saturated heterocycles. The van der Waals surface area contributed by atoms with Gasteiger partial charge in [0.05, 0.1) is 56.7 Å². The molecular weight excluding hydrogens is 729 g/mol. The van der Waals surface area contributed by atoms with Gasteiger partial charge in [0, 0.05) is 12.1 Å². The molecule has 300 valence electrons. The fourth-order valence-electron chi connectivity index (χ4n) is 9.69. The summed E-state index contributed by atoms with van der Waals surface area (Å²) in [6.45, 7) is 3.31. The summed E-state index contributed by atoms with van der Waals surface area (Å²) in [5, 5.41) is 15.1. The lowest BCUT2D eigenvalue weighted by molar-refractivity contribution is -0.140. The second-order valence-electron chi connectivity index (χ2n) is 16.1. The molecule has 57 heavy (non-hydrogen) atoms. The molecular formula is C42H50N8O7. The van der Waals surface area contributed by atoms with Crippen LogP contribution in [-0.4, -0.2) is 104 Å². The van der Waals surface area contributed by atoms with E-state index >= 15 is 0 Å². The first kappa shape index (κ1) is 38.2. The molecule has 4 fully saturated rings. The van der Waals surface area contributed by atoms with Crippen LogP contribution >= 0.6 is 0 Å². The molecule has 0 unspecified atom stereocenters. The van der Waals surface area contributed by atoms with Gasteiger partial charge in [-0.1, -0.05) is 62.4 Å². The number of aromatic amines is 2. The molecule has 8 atom stereocenters. The van der Waals surface area contributed by atoms with Gasteiger partial charge < -0.3 is 45.0 Å². The van der Waals surface area contributed by atoms with Gasteiger partial charge in [-0.2, -0.15) is 0 Å². The summed E-state index contributed by atoms with van der Waals surface area (Å²) in [6, 6.07) is 14.4. The monoisotopic (exact) mass is 778 g/mol. The molecule has 2 aliphatic carbocycles. The van der Waals surface area contributed by atoms with Crippen LogP contribution in [0.3, 0.4) is 0 Å². The van der Waals surface area contributed by atoms with E-state index in [2.05, 4.69) is 61.7 Å². The van der Waals surface area contributed by atoms with Crippen molar-refractivity contribution in [1.29, 1.82) is 0 Å². The van der Waals surface area contributed by atoms with Gasteiger partial charge in [0.1, 0.15) is 23.7 Å². The molecule has 15 nitrogen and oxygen atoms in total. The third-order valence-electron chi connectivity index (χ3n) is 12.5. The summed E-state index contributed by atoms with van der Waals surface area (Å²) in [6.07, 6.45) is 7.86. The second-order valence-corrected chi connectivity index (χ2v) is 16.1. The normalized spacial score (nSPS) is 24.5. The Morgan fingerprint density at radius 1 is 0.702 bits per heavy atom. The molecule has 2 aromatic heterocycles. The van der Waals surface area contributed by atoms with Gasteiger partial charge in [0.2, 0.25) is 11.8 Å². The number of methoxy groups -OCH3 is 2. The van der Waals surface area contributed by atoms with Gasteiger partial charge in [-0.15, -0.1) is 0 Å². The number of hydrogen-bond donors (Lipinski definition) is 5. The largest absolute Gasteiger partial charge is 0.453 e. The Hall–Kier alpha value is -5.70. The van der Waals surface area contributed by atoms with Gasteiger partial charge in [-0.05, 0) is 78.5 Å². The number of carbonyl (C=O) groups excluding carboxylic acids is 4. The highest BCUT2D eigenvalue weighted by Gasteiger charge is 2.52. The maximum atomic E-state index is 13.9. The molecule has 5 N–H and O–H groups in total. The molecule has 0 radical (unpaired) electrons. The Morgan fingerprint density at radius 2 is 1.14 bits per heavy atom. The molecule has 2 aliphatic heterocycles. The fraction of sp³-hybridized carbons (Fsp3) is 0.476. The summed E-state index contributed by atoms with van der Waals surface area (Å²) in [5.41, 5.74) is 5.73. The number of imidazole rings is 2. The highest BCUT2D eigenvalue weighted by Crippen LogP contribution is 2.51. The lowest BCUT2D eigenvalue weighted by Crippen LogP contribution is -2.54. The first-order valence-corrected chi connectivity index (χ1v) is 19.8. The minimum atomic E-state index is -1.09. The number of likely N-dealkylation sites (tertiary alicyclic amines) is 2. The molecule has 4 bridgehead atoms. The maximum absolute atomic E-state index is 13.9. The number of aromatic nitrogens is 4. The Kier molecular flexibility index (Phi) is 10.5. The Labute approximate surface area is 330 Å². The highest BCUT2D eigenvalue weighted by molar-refractivity contribution is 5.87. The number of piperidine rings is 2. The van der Waals surface area contributed by atoms with E-state index < -0.39 is 30.9 Å². The van der Waals surface area contributed by atoms with E-state index in [9.17, 15) is 24.3 Å². The number of nitrogens with one attached hydrogen (secondary N) is 4. The summed E-state index contributed by atoms with van der Waals surface area (Å²) in [7, 11) is 2.52. The van der Waals surface area contributed by atoms with Crippen molar-refractivity contribution in [3.63, 3.8) is 0 Å². The van der Waals surface area contributed by atoms with Crippen LogP contribution in [0.5, 0.6) is 0 Å². The van der Waals surface area contributed by atoms with Crippen molar-refractivity contribution in [3.05, 3.63) is 72.6 Å². The smallest absolute Gasteiger partial charge is 0.407 e. The summed E-state index contributed by atoms with van der Waals surface area (Å²) in [5.74, 6) is 1.45. The summed E-state index contributed by atoms with van der Waals surface area (Å²) in [4.78, 5) is 71.6. The van der Waals surface area contributed by atoms with Crippen molar-refractivity contribution in [1.82, 2.24) is 40.4 Å². The molecule has 2 saturated carbocycles. The number of rotatable bonds is 11. The Balaban J connectivity index is 0.948. The Morgan fingerprint density at radius 3 is 1.58 bits per heavy atom. The number of alkyl carbamates (subject to hydrolysis) is 2. The van der Waals surface area contributed by atoms with Crippen LogP contribution in [0.2, 0.25) is 0 Å². The van der Waals surface area contributed by atoms with Crippen molar-refractivity contribution >= 4 is 24.0 Å². The molecule has 4 aromatic rings. The van der Waals surface area contributed by atoms with E-state index in [1.54, 1.807) is 11.1 Å². The predicted molar refractivity (Wildman–Crippen MR) is 209 cm³/mol. The highest BCUT2D eigenvalue weighted by atomic mass is 16.5. The topological polar surface area (TPSA) is 195 Å². The third kappa shape index (κ3) is 7.13. The quantitative estimate of drug-likeness (QED) is 0.134. The number of ether oxygens (including phenoxy) is 2. The van der Waals surface area contributed by atoms with Crippen molar-refractivity contribution in [2.24, 2.45) is 17.8 Å². The summed E-state index contributed by atoms with van der Waals surface area (Å²) < 4.78 is 9.47. The van der Waals surface area contributed by atoms with Crippen LogP contribution in [-0.2, 0) is 19.1 Å². The zero-order chi connectivity index (χ0) is 40.0. The van der Waals surface area contributed by atoms with Gasteiger partial charge >= 0.3 is 12.2 Å². The average molecular weight is 779 g/mol. The van der Waals surface area contributed by atoms with Gasteiger partial charge in [0.25, 0.3) is 0 Å². The van der Waals surface area contributed by atoms with E-state index in [0.29, 0.717) is 11.7 Å². The summed E-state index contributed by atoms with van der Waals surface area (Å²) >= 11 is 0. The second kappa shape index (κ2) is 15.7. The molecule has 4 amide bonds. The minimum Gasteiger partial charge on any atom is -0.453 e. The standard InChI is InChI=1S/C42H50N8O7/c1-22(2)34(48-42(55)57-4)40(53)50-30-16-14-28(18-30)36(50)38-44-20-32(46-38)26-11-7-24(8-12-26)23-5-9-25(10-6-23)31-19-43-37(45-31)35-27-13-15-29(17-27)49(35)39(52)33(21-51)47-41(54)56-3/h5-12,19-20,22,27-30,33-36,51H,13-18,21H2,1-4H3,(H,43,45)(H,44,46)(H,47,54)(H,48,55)/t27-,28-,29+,30+,33-,34-,35-,36-/m0/s1. The molecule has 0 spiro atoms. The van der Waals surface area contributed by atoms with Crippen molar-refractivity contribution in [2.45, 2.75) is 88.6 Å². The number of nitrogens with zero attached hydrogens (tertiary/aromatic N) is 4. The van der Waals surface area contributed by atoms with Crippen molar-refractivity contribution < 1.29 is 33.8 Å². The molecule has 4 heterocycles. The van der Waals surface area contributed by atoms with Crippen LogP contribution in [0.25, 0.3) is 33.6 Å². The first-order valence-electron chi connectivity index (χ1n) is 19.8. The van der Waals surface area contributed by atoms with Crippen LogP contribution in [0.15, 0.2) is 60.9 Å². The van der Waals surface area contributed by atoms with Gasteiger partial charge in [-0.25, -0.2) is 19.6 Å². The van der Waals surface area contributed by atoms with E-state index in [0.717, 1.165) is 78.0 Å². The minimum absolute atomic E-state index is 0.0276. The van der Waals surface area contributed by atoms with Gasteiger partial charge in [-0.3, -0.25) is 9.59 Å². The van der Waals surface area contributed by atoms with Crippen LogP contribution in [0.1, 0.15) is 76.1 Å².